The Morgan fingerprint density at radius 1 is 0.923 bits per heavy atom. The van der Waals surface area contributed by atoms with Crippen molar-refractivity contribution < 1.29 is 4.74 Å². The molecule has 3 rings (SSSR count). The topological polar surface area (TPSA) is 28.1 Å². The van der Waals surface area contributed by atoms with Crippen LogP contribution >= 0.6 is 24.8 Å². The first kappa shape index (κ1) is 22.3. The molecule has 0 amide bonds. The second kappa shape index (κ2) is 11.8. The number of hydrogen-bond donors (Lipinski definition) is 0. The van der Waals surface area contributed by atoms with Gasteiger partial charge in [-0.15, -0.1) is 24.8 Å². The summed E-state index contributed by atoms with van der Waals surface area (Å²) in [6.07, 6.45) is 1.91. The smallest absolute Gasteiger partial charge is 0.128 e. The molecule has 2 aromatic carbocycles. The van der Waals surface area contributed by atoms with Crippen LogP contribution < -0.4 is 4.74 Å². The largest absolute Gasteiger partial charge is 0.493 e. The lowest BCUT2D eigenvalue weighted by Crippen LogP contribution is -2.43. The number of hydrogen-bond acceptors (Lipinski definition) is 4. The number of nitrogens with zero attached hydrogens (tertiary/aromatic N) is 3. The predicted octanol–water partition coefficient (Wildman–Crippen LogP) is 4.08. The third kappa shape index (κ3) is 6.52. The highest BCUT2D eigenvalue weighted by Gasteiger charge is 2.15. The summed E-state index contributed by atoms with van der Waals surface area (Å²) in [6.45, 7) is 7.69. The molecule has 0 spiro atoms. The molecule has 1 aliphatic rings. The third-order valence-corrected chi connectivity index (χ3v) is 4.18. The van der Waals surface area contributed by atoms with E-state index >= 15 is 0 Å². The van der Waals surface area contributed by atoms with Gasteiger partial charge in [0, 0.05) is 38.3 Å². The third-order valence-electron chi connectivity index (χ3n) is 4.18. The Bertz CT molecular complexity index is 659. The summed E-state index contributed by atoms with van der Waals surface area (Å²) in [5.74, 6) is 0.895. The van der Waals surface area contributed by atoms with Crippen molar-refractivity contribution in [2.24, 2.45) is 5.10 Å². The average Bonchev–Trinajstić information content (AvgIpc) is 2.63. The van der Waals surface area contributed by atoms with E-state index in [9.17, 15) is 0 Å². The molecule has 0 saturated carbocycles. The van der Waals surface area contributed by atoms with E-state index in [1.54, 1.807) is 0 Å². The van der Waals surface area contributed by atoms with E-state index in [2.05, 4.69) is 45.3 Å². The molecule has 1 fully saturated rings. The Kier molecular flexibility index (Phi) is 10.1. The van der Waals surface area contributed by atoms with Crippen LogP contribution in [0, 0.1) is 0 Å². The van der Waals surface area contributed by atoms with Gasteiger partial charge in [-0.25, -0.2) is 0 Å². The molecule has 26 heavy (non-hydrogen) atoms. The first-order valence-corrected chi connectivity index (χ1v) is 8.62. The van der Waals surface area contributed by atoms with Crippen LogP contribution in [-0.2, 0) is 6.54 Å². The quantitative estimate of drug-likeness (QED) is 0.689. The fourth-order valence-electron chi connectivity index (χ4n) is 2.87. The molecular weight excluding hydrogens is 369 g/mol. The van der Waals surface area contributed by atoms with Gasteiger partial charge in [-0.1, -0.05) is 42.5 Å². The number of piperazine rings is 1. The van der Waals surface area contributed by atoms with E-state index in [0.29, 0.717) is 6.61 Å². The summed E-state index contributed by atoms with van der Waals surface area (Å²) in [5.41, 5.74) is 2.41. The molecule has 1 heterocycles. The molecule has 0 bridgehead atoms. The SMILES string of the molecule is CCOc1ccccc1C=NN1CCN(Cc2ccccc2)CC1.Cl.Cl. The van der Waals surface area contributed by atoms with Crippen molar-refractivity contribution >= 4 is 31.0 Å². The van der Waals surface area contributed by atoms with E-state index in [-0.39, 0.29) is 24.8 Å². The summed E-state index contributed by atoms with van der Waals surface area (Å²) in [5, 5.41) is 6.78. The molecule has 6 heteroatoms. The van der Waals surface area contributed by atoms with Crippen LogP contribution in [0.3, 0.4) is 0 Å². The van der Waals surface area contributed by atoms with E-state index in [0.717, 1.165) is 44.0 Å². The molecule has 0 radical (unpaired) electrons. The van der Waals surface area contributed by atoms with Gasteiger partial charge in [-0.3, -0.25) is 9.91 Å². The molecule has 1 aliphatic heterocycles. The molecule has 1 saturated heterocycles. The summed E-state index contributed by atoms with van der Waals surface area (Å²) >= 11 is 0. The lowest BCUT2D eigenvalue weighted by atomic mass is 10.2. The van der Waals surface area contributed by atoms with Crippen LogP contribution in [0.15, 0.2) is 59.7 Å². The first-order valence-electron chi connectivity index (χ1n) is 8.62. The van der Waals surface area contributed by atoms with Crippen LogP contribution in [0.25, 0.3) is 0 Å². The van der Waals surface area contributed by atoms with Gasteiger partial charge in [-0.2, -0.15) is 5.10 Å². The molecule has 0 atom stereocenters. The van der Waals surface area contributed by atoms with Crippen molar-refractivity contribution in [2.45, 2.75) is 13.5 Å². The zero-order valence-corrected chi connectivity index (χ0v) is 16.7. The first-order chi connectivity index (χ1) is 11.8. The van der Waals surface area contributed by atoms with Gasteiger partial charge in [0.2, 0.25) is 0 Å². The Morgan fingerprint density at radius 2 is 1.58 bits per heavy atom. The summed E-state index contributed by atoms with van der Waals surface area (Å²) in [4.78, 5) is 2.48. The van der Waals surface area contributed by atoms with Crippen LogP contribution in [-0.4, -0.2) is 48.9 Å². The summed E-state index contributed by atoms with van der Waals surface area (Å²) in [7, 11) is 0. The average molecular weight is 396 g/mol. The highest BCUT2D eigenvalue weighted by molar-refractivity contribution is 5.85. The van der Waals surface area contributed by atoms with Crippen molar-refractivity contribution in [3.05, 3.63) is 65.7 Å². The number of halogens is 2. The van der Waals surface area contributed by atoms with Gasteiger partial charge in [0.25, 0.3) is 0 Å². The maximum Gasteiger partial charge on any atom is 0.128 e. The number of rotatable bonds is 6. The minimum atomic E-state index is 0. The van der Waals surface area contributed by atoms with E-state index in [1.165, 1.54) is 5.56 Å². The van der Waals surface area contributed by atoms with Gasteiger partial charge < -0.3 is 4.74 Å². The fourth-order valence-corrected chi connectivity index (χ4v) is 2.87. The second-order valence-corrected chi connectivity index (χ2v) is 5.93. The van der Waals surface area contributed by atoms with E-state index in [1.807, 2.05) is 37.4 Å². The summed E-state index contributed by atoms with van der Waals surface area (Å²) < 4.78 is 5.64. The zero-order chi connectivity index (χ0) is 16.6. The molecule has 0 N–H and O–H groups in total. The van der Waals surface area contributed by atoms with Gasteiger partial charge in [0.05, 0.1) is 12.8 Å². The molecule has 142 valence electrons. The molecule has 0 unspecified atom stereocenters. The van der Waals surface area contributed by atoms with Crippen molar-refractivity contribution in [3.63, 3.8) is 0 Å². The molecule has 0 aromatic heterocycles. The van der Waals surface area contributed by atoms with Crippen molar-refractivity contribution in [1.82, 2.24) is 9.91 Å². The van der Waals surface area contributed by atoms with Gasteiger partial charge >= 0.3 is 0 Å². The van der Waals surface area contributed by atoms with Crippen molar-refractivity contribution in [2.75, 3.05) is 32.8 Å². The number of hydrazone groups is 1. The van der Waals surface area contributed by atoms with E-state index < -0.39 is 0 Å². The Balaban J connectivity index is 0.00000169. The highest BCUT2D eigenvalue weighted by Crippen LogP contribution is 2.16. The Morgan fingerprint density at radius 3 is 2.27 bits per heavy atom. The molecule has 4 nitrogen and oxygen atoms in total. The molecular formula is C20H27Cl2N3O. The predicted molar refractivity (Wildman–Crippen MR) is 113 cm³/mol. The Labute approximate surface area is 168 Å². The maximum atomic E-state index is 5.64. The number of ether oxygens (including phenoxy) is 1. The maximum absolute atomic E-state index is 5.64. The van der Waals surface area contributed by atoms with Gasteiger partial charge in [0.1, 0.15) is 5.75 Å². The normalized spacial score (nSPS) is 14.6. The minimum absolute atomic E-state index is 0. The Hall–Kier alpha value is -1.75. The zero-order valence-electron chi connectivity index (χ0n) is 15.1. The van der Waals surface area contributed by atoms with E-state index in [4.69, 9.17) is 4.74 Å². The summed E-state index contributed by atoms with van der Waals surface area (Å²) in [6, 6.07) is 18.7. The highest BCUT2D eigenvalue weighted by atomic mass is 35.5. The lowest BCUT2D eigenvalue weighted by molar-refractivity contribution is 0.131. The monoisotopic (exact) mass is 395 g/mol. The molecule has 2 aromatic rings. The molecule has 0 aliphatic carbocycles. The van der Waals surface area contributed by atoms with Crippen LogP contribution in [0.1, 0.15) is 18.1 Å². The second-order valence-electron chi connectivity index (χ2n) is 5.93. The lowest BCUT2D eigenvalue weighted by Gasteiger charge is -2.33. The number of benzene rings is 2. The van der Waals surface area contributed by atoms with Crippen molar-refractivity contribution in [3.8, 4) is 5.75 Å². The minimum Gasteiger partial charge on any atom is -0.493 e. The number of para-hydroxylation sites is 1. The van der Waals surface area contributed by atoms with Gasteiger partial charge in [-0.05, 0) is 24.6 Å². The van der Waals surface area contributed by atoms with Crippen molar-refractivity contribution in [1.29, 1.82) is 0 Å². The fraction of sp³-hybridized carbons (Fsp3) is 0.350. The van der Waals surface area contributed by atoms with Crippen LogP contribution in [0.5, 0.6) is 5.75 Å². The standard InChI is InChI=1S/C20H25N3O.2ClH/c1-2-24-20-11-7-6-10-19(20)16-21-23-14-12-22(13-15-23)17-18-8-4-3-5-9-18;;/h3-11,16H,2,12-15,17H2,1H3;2*1H. The van der Waals surface area contributed by atoms with Crippen LogP contribution in [0.2, 0.25) is 0 Å². The van der Waals surface area contributed by atoms with Crippen LogP contribution in [0.4, 0.5) is 0 Å². The van der Waals surface area contributed by atoms with Gasteiger partial charge in [0.15, 0.2) is 0 Å².